The van der Waals surface area contributed by atoms with Gasteiger partial charge >= 0.3 is 5.96 Å². The third-order valence-corrected chi connectivity index (χ3v) is 5.09. The van der Waals surface area contributed by atoms with E-state index in [2.05, 4.69) is 16.0 Å². The Morgan fingerprint density at radius 3 is 2.59 bits per heavy atom. The number of carboxylic acids is 1. The molecule has 0 aromatic carbocycles. The molecule has 0 aliphatic carbocycles. The van der Waals surface area contributed by atoms with Crippen molar-refractivity contribution >= 4 is 23.7 Å². The van der Waals surface area contributed by atoms with Gasteiger partial charge in [-0.3, -0.25) is 26.0 Å². The van der Waals surface area contributed by atoms with Crippen molar-refractivity contribution in [3.05, 3.63) is 0 Å². The van der Waals surface area contributed by atoms with Crippen LogP contribution in [0.5, 0.6) is 0 Å². The second-order valence-electron chi connectivity index (χ2n) is 7.09. The van der Waals surface area contributed by atoms with Crippen molar-refractivity contribution in [3.63, 3.8) is 0 Å². The first-order valence-corrected chi connectivity index (χ1v) is 9.45. The van der Waals surface area contributed by atoms with Crippen LogP contribution in [-0.4, -0.2) is 59.9 Å². The molecule has 0 aromatic heterocycles. The first-order chi connectivity index (χ1) is 12.7. The van der Waals surface area contributed by atoms with Crippen LogP contribution in [0.2, 0.25) is 0 Å². The summed E-state index contributed by atoms with van der Waals surface area (Å²) in [6.45, 7) is 4.66. The summed E-state index contributed by atoms with van der Waals surface area (Å²) in [7, 11) is 0. The van der Waals surface area contributed by atoms with Crippen LogP contribution < -0.4 is 32.6 Å². The zero-order valence-corrected chi connectivity index (χ0v) is 16.2. The van der Waals surface area contributed by atoms with E-state index in [-0.39, 0.29) is 17.8 Å². The largest absolute Gasteiger partial charge is 0.548 e. The Labute approximate surface area is 159 Å². The maximum absolute atomic E-state index is 12.9. The minimum Gasteiger partial charge on any atom is -0.548 e. The van der Waals surface area contributed by atoms with Crippen molar-refractivity contribution in [1.82, 2.24) is 10.2 Å². The molecule has 10 nitrogen and oxygen atoms in total. The Morgan fingerprint density at radius 1 is 1.37 bits per heavy atom. The number of amides is 2. The topological polar surface area (TPSA) is 183 Å². The Hall–Kier alpha value is -2.36. The van der Waals surface area contributed by atoms with Crippen LogP contribution in [0.15, 0.2) is 0 Å². The smallest absolute Gasteiger partial charge is 0.338 e. The molecule has 154 valence electrons. The fourth-order valence-corrected chi connectivity index (χ4v) is 3.09. The molecule has 0 saturated carbocycles. The zero-order valence-electron chi connectivity index (χ0n) is 16.2. The van der Waals surface area contributed by atoms with Gasteiger partial charge in [0.25, 0.3) is 5.91 Å². The monoisotopic (exact) mass is 385 g/mol. The van der Waals surface area contributed by atoms with Crippen LogP contribution in [0.1, 0.15) is 46.0 Å². The van der Waals surface area contributed by atoms with Crippen molar-refractivity contribution in [3.8, 4) is 0 Å². The molecule has 10 heteroatoms. The van der Waals surface area contributed by atoms with Gasteiger partial charge in [-0.05, 0) is 32.1 Å². The van der Waals surface area contributed by atoms with Gasteiger partial charge in [-0.25, -0.2) is 0 Å². The minimum atomic E-state index is -1.27. The number of nitrogens with one attached hydrogen (secondary N) is 2. The number of nitrogens with zero attached hydrogens (tertiary/aromatic N) is 1. The normalized spacial score (nSPS) is 19.8. The van der Waals surface area contributed by atoms with Gasteiger partial charge in [0, 0.05) is 12.5 Å². The minimum absolute atomic E-state index is 0.0665. The molecule has 1 aliphatic heterocycles. The van der Waals surface area contributed by atoms with Crippen LogP contribution in [0.4, 0.5) is 0 Å². The lowest BCUT2D eigenvalue weighted by molar-refractivity contribution is -0.459. The lowest BCUT2D eigenvalue weighted by Gasteiger charge is -2.30. The van der Waals surface area contributed by atoms with E-state index in [1.54, 1.807) is 0 Å². The Balaban J connectivity index is 2.86. The number of aliphatic carboxylic acids is 1. The highest BCUT2D eigenvalue weighted by Gasteiger charge is 2.35. The summed E-state index contributed by atoms with van der Waals surface area (Å²) in [5.74, 6) is -1.85. The van der Waals surface area contributed by atoms with Gasteiger partial charge in [0.1, 0.15) is 6.04 Å². The molecule has 0 spiro atoms. The standard InChI is InChI=1S/C17H32N6O4/c1-3-10(2)13(18)14(24)22-11(6-4-8-21-17(19)20)15(25)23-9-5-7-12(23)16(26)27/h10-13H,3-9,18H2,1-2H3,(H,22,24)(H,26,27)(H4,19,20,21)/p+1/t10-,11-,12-,13-/m0/s1. The fraction of sp³-hybridized carbons (Fsp3) is 0.765. The first kappa shape index (κ1) is 22.7. The average molecular weight is 385 g/mol. The lowest BCUT2D eigenvalue weighted by Crippen LogP contribution is -2.78. The maximum atomic E-state index is 12.9. The second-order valence-corrected chi connectivity index (χ2v) is 7.09. The quantitative estimate of drug-likeness (QED) is 0.142. The van der Waals surface area contributed by atoms with E-state index < -0.39 is 30.0 Å². The highest BCUT2D eigenvalue weighted by Crippen LogP contribution is 2.19. The second kappa shape index (κ2) is 10.7. The van der Waals surface area contributed by atoms with Crippen molar-refractivity contribution < 1.29 is 30.2 Å². The van der Waals surface area contributed by atoms with Crippen molar-refractivity contribution in [2.45, 2.75) is 64.1 Å². The molecule has 27 heavy (non-hydrogen) atoms. The molecule has 1 saturated heterocycles. The summed E-state index contributed by atoms with van der Waals surface area (Å²) in [4.78, 5) is 40.7. The molecule has 0 unspecified atom stereocenters. The zero-order chi connectivity index (χ0) is 20.6. The summed E-state index contributed by atoms with van der Waals surface area (Å²) < 4.78 is 0. The molecule has 4 atom stereocenters. The molecule has 0 radical (unpaired) electrons. The maximum Gasteiger partial charge on any atom is 0.338 e. The summed E-state index contributed by atoms with van der Waals surface area (Å²) >= 11 is 0. The number of carboxylic acid groups (broad SMARTS) is 1. The summed E-state index contributed by atoms with van der Waals surface area (Å²) in [6.07, 6.45) is 2.59. The number of hydrogen-bond donors (Lipinski definition) is 5. The molecular weight excluding hydrogens is 352 g/mol. The highest BCUT2D eigenvalue weighted by atomic mass is 16.4. The van der Waals surface area contributed by atoms with Gasteiger partial charge in [0.15, 0.2) is 6.04 Å². The summed E-state index contributed by atoms with van der Waals surface area (Å²) in [6, 6.07) is -2.27. The number of nitrogens with two attached hydrogens (primary N) is 2. The third-order valence-electron chi connectivity index (χ3n) is 5.09. The van der Waals surface area contributed by atoms with Crippen LogP contribution in [-0.2, 0) is 14.4 Å². The number of hydrogen-bond acceptors (Lipinski definition) is 4. The third kappa shape index (κ3) is 6.70. The summed E-state index contributed by atoms with van der Waals surface area (Å²) in [5, 5.41) is 14.0. The van der Waals surface area contributed by atoms with Crippen LogP contribution in [0, 0.1) is 5.92 Å². The fourth-order valence-electron chi connectivity index (χ4n) is 3.09. The SMILES string of the molecule is CC[C@H](C)[C@H]([NH3+])C(=O)N[C@@H](CCC[NH+]=C(N)N)C(=O)N1CCC[C@H]1C(=O)[O-]. The molecule has 1 fully saturated rings. The predicted octanol–water partition coefficient (Wildman–Crippen LogP) is -5.00. The van der Waals surface area contributed by atoms with Crippen molar-refractivity contribution in [2.24, 2.45) is 17.4 Å². The van der Waals surface area contributed by atoms with Crippen LogP contribution in [0.3, 0.4) is 0 Å². The number of carbonyl (C=O) groups is 3. The first-order valence-electron chi connectivity index (χ1n) is 9.45. The van der Waals surface area contributed by atoms with Crippen molar-refractivity contribution in [1.29, 1.82) is 0 Å². The van der Waals surface area contributed by atoms with E-state index in [9.17, 15) is 19.5 Å². The Kier molecular flexibility index (Phi) is 8.99. The molecular formula is C17H33N6O4+. The Morgan fingerprint density at radius 2 is 2.04 bits per heavy atom. The molecule has 1 heterocycles. The number of likely N-dealkylation sites (tertiary alicyclic amines) is 1. The molecule has 0 bridgehead atoms. The number of quaternary nitrogens is 1. The summed E-state index contributed by atoms with van der Waals surface area (Å²) in [5.41, 5.74) is 14.6. The molecule has 1 rings (SSSR count). The van der Waals surface area contributed by atoms with E-state index in [1.807, 2.05) is 13.8 Å². The van der Waals surface area contributed by atoms with E-state index in [1.165, 1.54) is 4.90 Å². The number of carbonyl (C=O) groups excluding carboxylic acids is 3. The van der Waals surface area contributed by atoms with Gasteiger partial charge in [0.2, 0.25) is 5.91 Å². The van der Waals surface area contributed by atoms with Gasteiger partial charge in [0.05, 0.1) is 18.6 Å². The van der Waals surface area contributed by atoms with Crippen molar-refractivity contribution in [2.75, 3.05) is 13.1 Å². The van der Waals surface area contributed by atoms with E-state index >= 15 is 0 Å². The predicted molar refractivity (Wildman–Crippen MR) is 96.2 cm³/mol. The van der Waals surface area contributed by atoms with E-state index in [0.717, 1.165) is 6.42 Å². The van der Waals surface area contributed by atoms with Gasteiger partial charge in [-0.2, -0.15) is 0 Å². The van der Waals surface area contributed by atoms with E-state index in [0.29, 0.717) is 38.8 Å². The Bertz CT molecular complexity index is 564. The molecule has 9 N–H and O–H groups in total. The molecule has 2 amide bonds. The highest BCUT2D eigenvalue weighted by molar-refractivity contribution is 5.91. The van der Waals surface area contributed by atoms with Gasteiger partial charge in [-0.15, -0.1) is 0 Å². The van der Waals surface area contributed by atoms with Gasteiger partial charge in [-0.1, -0.05) is 13.8 Å². The molecule has 1 aliphatic rings. The molecule has 0 aromatic rings. The number of guanidine groups is 1. The number of rotatable bonds is 10. The average Bonchev–Trinajstić information content (AvgIpc) is 3.11. The lowest BCUT2D eigenvalue weighted by atomic mass is 9.98. The van der Waals surface area contributed by atoms with E-state index in [4.69, 9.17) is 11.5 Å². The van der Waals surface area contributed by atoms with Gasteiger partial charge < -0.3 is 25.9 Å². The van der Waals surface area contributed by atoms with Crippen LogP contribution in [0.25, 0.3) is 0 Å². The van der Waals surface area contributed by atoms with Crippen LogP contribution >= 0.6 is 0 Å².